The number of carboxylic acids is 1. The number of hydrogen-bond acceptors (Lipinski definition) is 2. The lowest BCUT2D eigenvalue weighted by Crippen LogP contribution is -2.04. The Labute approximate surface area is 101 Å². The summed E-state index contributed by atoms with van der Waals surface area (Å²) in [5, 5.41) is 10.9. The molecule has 2 aromatic rings. The average Bonchev–Trinajstić information content (AvgIpc) is 2.82. The van der Waals surface area contributed by atoms with Gasteiger partial charge in [-0.15, -0.1) is 11.3 Å². The summed E-state index contributed by atoms with van der Waals surface area (Å²) in [4.78, 5) is 12.0. The first-order valence-electron chi connectivity index (χ1n) is 5.26. The molecule has 1 aliphatic carbocycles. The van der Waals surface area contributed by atoms with E-state index in [0.717, 1.165) is 21.6 Å². The second-order valence-electron chi connectivity index (χ2n) is 4.09. The van der Waals surface area contributed by atoms with Gasteiger partial charge in [-0.1, -0.05) is 6.07 Å². The molecular weight excluding hydrogens is 239 g/mol. The van der Waals surface area contributed by atoms with Crippen LogP contribution in [0.3, 0.4) is 0 Å². The van der Waals surface area contributed by atoms with Gasteiger partial charge >= 0.3 is 5.97 Å². The van der Waals surface area contributed by atoms with Crippen LogP contribution in [0.25, 0.3) is 10.4 Å². The lowest BCUT2D eigenvalue weighted by molar-refractivity contribution is -0.137. The van der Waals surface area contributed by atoms with Gasteiger partial charge in [0.2, 0.25) is 0 Å². The number of benzene rings is 1. The fourth-order valence-corrected chi connectivity index (χ4v) is 3.41. The standard InChI is InChI=1S/C13H9FO2S/c14-7-1-2-8-10(5-7)11(6-12(15)16)9-3-4-17-13(8)9/h1-5,11H,6H2,(H,15,16). The highest BCUT2D eigenvalue weighted by Gasteiger charge is 2.31. The Morgan fingerprint density at radius 2 is 2.18 bits per heavy atom. The van der Waals surface area contributed by atoms with Crippen molar-refractivity contribution in [2.45, 2.75) is 12.3 Å². The monoisotopic (exact) mass is 248 g/mol. The highest BCUT2D eigenvalue weighted by molar-refractivity contribution is 7.13. The van der Waals surface area contributed by atoms with Crippen molar-refractivity contribution in [3.63, 3.8) is 0 Å². The van der Waals surface area contributed by atoms with Crippen LogP contribution >= 0.6 is 11.3 Å². The third kappa shape index (κ3) is 1.56. The van der Waals surface area contributed by atoms with Gasteiger partial charge in [0.05, 0.1) is 6.42 Å². The third-order valence-corrected chi connectivity index (χ3v) is 4.05. The highest BCUT2D eigenvalue weighted by Crippen LogP contribution is 2.49. The van der Waals surface area contributed by atoms with Crippen molar-refractivity contribution < 1.29 is 14.3 Å². The summed E-state index contributed by atoms with van der Waals surface area (Å²) < 4.78 is 13.3. The van der Waals surface area contributed by atoms with Gasteiger partial charge in [-0.25, -0.2) is 4.39 Å². The Bertz CT molecular complexity index is 603. The van der Waals surface area contributed by atoms with Crippen molar-refractivity contribution >= 4 is 17.3 Å². The molecule has 4 heteroatoms. The van der Waals surface area contributed by atoms with Crippen molar-refractivity contribution in [1.29, 1.82) is 0 Å². The molecule has 1 atom stereocenters. The number of halogens is 1. The topological polar surface area (TPSA) is 37.3 Å². The van der Waals surface area contributed by atoms with E-state index in [1.165, 1.54) is 12.1 Å². The molecule has 0 saturated heterocycles. The average molecular weight is 248 g/mol. The number of hydrogen-bond donors (Lipinski definition) is 1. The van der Waals surface area contributed by atoms with Gasteiger partial charge in [0.1, 0.15) is 5.82 Å². The molecule has 0 fully saturated rings. The molecular formula is C13H9FO2S. The summed E-state index contributed by atoms with van der Waals surface area (Å²) in [5.41, 5.74) is 2.79. The molecule has 17 heavy (non-hydrogen) atoms. The predicted octanol–water partition coefficient (Wildman–Crippen LogP) is 3.47. The number of thiophene rings is 1. The van der Waals surface area contributed by atoms with Crippen LogP contribution in [-0.2, 0) is 4.79 Å². The number of fused-ring (bicyclic) bond motifs is 3. The predicted molar refractivity (Wildman–Crippen MR) is 63.8 cm³/mol. The molecule has 0 aliphatic heterocycles. The van der Waals surface area contributed by atoms with E-state index < -0.39 is 5.97 Å². The van der Waals surface area contributed by atoms with Gasteiger partial charge in [0.25, 0.3) is 0 Å². The maximum absolute atomic E-state index is 13.3. The van der Waals surface area contributed by atoms with E-state index in [2.05, 4.69) is 0 Å². The van der Waals surface area contributed by atoms with E-state index >= 15 is 0 Å². The zero-order valence-corrected chi connectivity index (χ0v) is 9.63. The number of carboxylic acid groups (broad SMARTS) is 1. The molecule has 1 aromatic carbocycles. The lowest BCUT2D eigenvalue weighted by Gasteiger charge is -2.09. The van der Waals surface area contributed by atoms with Crippen molar-refractivity contribution in [3.8, 4) is 10.4 Å². The smallest absolute Gasteiger partial charge is 0.304 e. The Hall–Kier alpha value is -1.68. The fourth-order valence-electron chi connectivity index (χ4n) is 2.40. The van der Waals surface area contributed by atoms with Crippen LogP contribution in [0, 0.1) is 5.82 Å². The molecule has 0 spiro atoms. The fraction of sp³-hybridized carbons (Fsp3) is 0.154. The Kier molecular flexibility index (Phi) is 2.26. The van der Waals surface area contributed by atoms with Crippen LogP contribution in [0.2, 0.25) is 0 Å². The van der Waals surface area contributed by atoms with Crippen molar-refractivity contribution in [3.05, 3.63) is 46.6 Å². The van der Waals surface area contributed by atoms with Gasteiger partial charge in [-0.3, -0.25) is 4.79 Å². The van der Waals surface area contributed by atoms with Crippen molar-refractivity contribution in [1.82, 2.24) is 0 Å². The minimum atomic E-state index is -0.857. The summed E-state index contributed by atoms with van der Waals surface area (Å²) in [6.45, 7) is 0. The minimum absolute atomic E-state index is 0.0141. The van der Waals surface area contributed by atoms with Gasteiger partial charge in [0, 0.05) is 10.8 Å². The molecule has 0 bridgehead atoms. The quantitative estimate of drug-likeness (QED) is 0.883. The number of rotatable bonds is 2. The first-order chi connectivity index (χ1) is 8.16. The SMILES string of the molecule is O=C(O)CC1c2cc(F)ccc2-c2sccc21. The summed E-state index contributed by atoms with van der Waals surface area (Å²) in [6.07, 6.45) is 0.0141. The molecule has 1 unspecified atom stereocenters. The zero-order valence-electron chi connectivity index (χ0n) is 8.81. The zero-order chi connectivity index (χ0) is 12.0. The normalized spacial score (nSPS) is 16.6. The summed E-state index contributed by atoms with van der Waals surface area (Å²) in [7, 11) is 0. The van der Waals surface area contributed by atoms with E-state index in [0.29, 0.717) is 0 Å². The Morgan fingerprint density at radius 3 is 2.94 bits per heavy atom. The maximum atomic E-state index is 13.3. The largest absolute Gasteiger partial charge is 0.481 e. The second-order valence-corrected chi connectivity index (χ2v) is 5.00. The van der Waals surface area contributed by atoms with Crippen LogP contribution < -0.4 is 0 Å². The number of aliphatic carboxylic acids is 1. The molecule has 1 N–H and O–H groups in total. The van der Waals surface area contributed by atoms with E-state index in [-0.39, 0.29) is 18.2 Å². The van der Waals surface area contributed by atoms with Gasteiger partial charge in [0.15, 0.2) is 0 Å². The van der Waals surface area contributed by atoms with Gasteiger partial charge < -0.3 is 5.11 Å². The molecule has 1 aliphatic rings. The first kappa shape index (κ1) is 10.5. The second kappa shape index (κ2) is 3.67. The van der Waals surface area contributed by atoms with Crippen LogP contribution in [0.1, 0.15) is 23.5 Å². The molecule has 1 aromatic heterocycles. The van der Waals surface area contributed by atoms with E-state index in [9.17, 15) is 9.18 Å². The Morgan fingerprint density at radius 1 is 1.35 bits per heavy atom. The van der Waals surface area contributed by atoms with E-state index in [1.54, 1.807) is 17.4 Å². The molecule has 3 rings (SSSR count). The summed E-state index contributed by atoms with van der Waals surface area (Å²) in [6, 6.07) is 6.55. The summed E-state index contributed by atoms with van der Waals surface area (Å²) >= 11 is 1.58. The van der Waals surface area contributed by atoms with Crippen LogP contribution in [0.15, 0.2) is 29.6 Å². The van der Waals surface area contributed by atoms with Crippen LogP contribution in [-0.4, -0.2) is 11.1 Å². The number of carbonyl (C=O) groups is 1. The first-order valence-corrected chi connectivity index (χ1v) is 6.14. The molecule has 0 amide bonds. The highest BCUT2D eigenvalue weighted by atomic mass is 32.1. The lowest BCUT2D eigenvalue weighted by atomic mass is 9.94. The Balaban J connectivity index is 2.18. The molecule has 2 nitrogen and oxygen atoms in total. The van der Waals surface area contributed by atoms with Crippen molar-refractivity contribution in [2.75, 3.05) is 0 Å². The van der Waals surface area contributed by atoms with Gasteiger partial charge in [-0.2, -0.15) is 0 Å². The van der Waals surface area contributed by atoms with E-state index in [1.807, 2.05) is 11.4 Å². The molecule has 86 valence electrons. The maximum Gasteiger partial charge on any atom is 0.304 e. The van der Waals surface area contributed by atoms with Gasteiger partial charge in [-0.05, 0) is 40.3 Å². The van der Waals surface area contributed by atoms with Crippen LogP contribution in [0.5, 0.6) is 0 Å². The molecule has 0 radical (unpaired) electrons. The molecule has 1 heterocycles. The minimum Gasteiger partial charge on any atom is -0.481 e. The third-order valence-electron chi connectivity index (χ3n) is 3.08. The van der Waals surface area contributed by atoms with E-state index in [4.69, 9.17) is 5.11 Å². The molecule has 0 saturated carbocycles. The summed E-state index contributed by atoms with van der Waals surface area (Å²) in [5.74, 6) is -1.38. The van der Waals surface area contributed by atoms with Crippen molar-refractivity contribution in [2.24, 2.45) is 0 Å². The van der Waals surface area contributed by atoms with Crippen LogP contribution in [0.4, 0.5) is 4.39 Å².